The Balaban J connectivity index is 1.53. The topological polar surface area (TPSA) is 54.9 Å². The summed E-state index contributed by atoms with van der Waals surface area (Å²) in [5.74, 6) is 0.310. The Morgan fingerprint density at radius 2 is 1.67 bits per heavy atom. The van der Waals surface area contributed by atoms with E-state index < -0.39 is 0 Å². The highest BCUT2D eigenvalue weighted by molar-refractivity contribution is 7.99. The second-order valence-corrected chi connectivity index (χ2v) is 7.62. The van der Waals surface area contributed by atoms with Gasteiger partial charge in [0.15, 0.2) is 0 Å². The standard InChI is InChI=1S/C22H23N3OS/c1-15-5-8-18(9-6-15)13-23-21(26)14-27-22-11-10-20(24-25-22)19-12-16(2)4-7-17(19)3/h4-12H,13-14H2,1-3H3,(H,23,26). The number of rotatable bonds is 6. The Morgan fingerprint density at radius 1 is 0.926 bits per heavy atom. The Hall–Kier alpha value is -2.66. The molecular weight excluding hydrogens is 354 g/mol. The number of carbonyl (C=O) groups excluding carboxylic acids is 1. The SMILES string of the molecule is Cc1ccc(CNC(=O)CSc2ccc(-c3cc(C)ccc3C)nn2)cc1. The fourth-order valence-corrected chi connectivity index (χ4v) is 3.29. The largest absolute Gasteiger partial charge is 0.351 e. The van der Waals surface area contributed by atoms with E-state index in [2.05, 4.69) is 47.6 Å². The molecule has 4 nitrogen and oxygen atoms in total. The van der Waals surface area contributed by atoms with Gasteiger partial charge in [-0.3, -0.25) is 4.79 Å². The van der Waals surface area contributed by atoms with E-state index in [-0.39, 0.29) is 5.91 Å². The molecule has 0 fully saturated rings. The molecule has 1 heterocycles. The van der Waals surface area contributed by atoms with Crippen LogP contribution < -0.4 is 5.32 Å². The van der Waals surface area contributed by atoms with E-state index in [0.29, 0.717) is 12.3 Å². The first-order valence-corrected chi connectivity index (χ1v) is 9.86. The van der Waals surface area contributed by atoms with E-state index in [1.807, 2.05) is 43.3 Å². The number of nitrogens with zero attached hydrogens (tertiary/aromatic N) is 2. The average Bonchev–Trinajstić information content (AvgIpc) is 2.68. The number of hydrogen-bond donors (Lipinski definition) is 1. The molecule has 1 N–H and O–H groups in total. The maximum absolute atomic E-state index is 12.0. The zero-order valence-corrected chi connectivity index (χ0v) is 16.6. The van der Waals surface area contributed by atoms with Gasteiger partial charge in [-0.15, -0.1) is 10.2 Å². The molecule has 0 spiro atoms. The smallest absolute Gasteiger partial charge is 0.230 e. The van der Waals surface area contributed by atoms with Crippen LogP contribution in [0.25, 0.3) is 11.3 Å². The molecule has 0 aliphatic heterocycles. The molecule has 5 heteroatoms. The van der Waals surface area contributed by atoms with Crippen molar-refractivity contribution in [2.45, 2.75) is 32.3 Å². The van der Waals surface area contributed by atoms with Gasteiger partial charge in [-0.1, -0.05) is 59.3 Å². The quantitative estimate of drug-likeness (QED) is 0.644. The minimum Gasteiger partial charge on any atom is -0.351 e. The molecule has 0 radical (unpaired) electrons. The maximum Gasteiger partial charge on any atom is 0.230 e. The second-order valence-electron chi connectivity index (χ2n) is 6.63. The number of nitrogens with one attached hydrogen (secondary N) is 1. The van der Waals surface area contributed by atoms with Gasteiger partial charge in [0.1, 0.15) is 5.03 Å². The summed E-state index contributed by atoms with van der Waals surface area (Å²) in [6, 6.07) is 18.3. The molecule has 27 heavy (non-hydrogen) atoms. The summed E-state index contributed by atoms with van der Waals surface area (Å²) in [6.45, 7) is 6.72. The first-order chi connectivity index (χ1) is 13.0. The van der Waals surface area contributed by atoms with Gasteiger partial charge in [0, 0.05) is 12.1 Å². The molecule has 0 aliphatic carbocycles. The van der Waals surface area contributed by atoms with Crippen molar-refractivity contribution in [2.24, 2.45) is 0 Å². The van der Waals surface area contributed by atoms with Crippen LogP contribution in [0.4, 0.5) is 0 Å². The summed E-state index contributed by atoms with van der Waals surface area (Å²) < 4.78 is 0. The molecule has 0 unspecified atom stereocenters. The summed E-state index contributed by atoms with van der Waals surface area (Å²) in [5.41, 5.74) is 6.62. The number of carbonyl (C=O) groups is 1. The maximum atomic E-state index is 12.0. The highest BCUT2D eigenvalue weighted by Crippen LogP contribution is 2.23. The van der Waals surface area contributed by atoms with Crippen LogP contribution in [0.2, 0.25) is 0 Å². The normalized spacial score (nSPS) is 10.6. The molecule has 0 saturated heterocycles. The molecule has 138 valence electrons. The lowest BCUT2D eigenvalue weighted by atomic mass is 10.0. The third kappa shape index (κ3) is 5.41. The first kappa shape index (κ1) is 19.1. The zero-order chi connectivity index (χ0) is 19.2. The van der Waals surface area contributed by atoms with Crippen LogP contribution in [0.1, 0.15) is 22.3 Å². The zero-order valence-electron chi connectivity index (χ0n) is 15.8. The molecule has 0 atom stereocenters. The summed E-state index contributed by atoms with van der Waals surface area (Å²) >= 11 is 1.39. The van der Waals surface area contributed by atoms with Crippen molar-refractivity contribution in [1.29, 1.82) is 0 Å². The van der Waals surface area contributed by atoms with Gasteiger partial charge in [0.05, 0.1) is 11.4 Å². The number of benzene rings is 2. The Labute approximate surface area is 164 Å². The Bertz CT molecular complexity index is 921. The number of thioether (sulfide) groups is 1. The van der Waals surface area contributed by atoms with Crippen LogP contribution in [0, 0.1) is 20.8 Å². The predicted octanol–water partition coefficient (Wildman–Crippen LogP) is 4.48. The fourth-order valence-electron chi connectivity index (χ4n) is 2.65. The van der Waals surface area contributed by atoms with Gasteiger partial charge >= 0.3 is 0 Å². The highest BCUT2D eigenvalue weighted by atomic mass is 32.2. The molecule has 3 rings (SSSR count). The van der Waals surface area contributed by atoms with Crippen molar-refractivity contribution < 1.29 is 4.79 Å². The van der Waals surface area contributed by atoms with Crippen LogP contribution in [-0.2, 0) is 11.3 Å². The van der Waals surface area contributed by atoms with Gasteiger partial charge in [-0.2, -0.15) is 0 Å². The van der Waals surface area contributed by atoms with Crippen LogP contribution in [0.15, 0.2) is 59.6 Å². The molecule has 0 aliphatic rings. The van der Waals surface area contributed by atoms with Crippen molar-refractivity contribution >= 4 is 17.7 Å². The lowest BCUT2D eigenvalue weighted by Crippen LogP contribution is -2.24. The predicted molar refractivity (Wildman–Crippen MR) is 111 cm³/mol. The van der Waals surface area contributed by atoms with Crippen molar-refractivity contribution in [2.75, 3.05) is 5.75 Å². The lowest BCUT2D eigenvalue weighted by molar-refractivity contribution is -0.118. The minimum absolute atomic E-state index is 0.0130. The van der Waals surface area contributed by atoms with Crippen molar-refractivity contribution in [1.82, 2.24) is 15.5 Å². The van der Waals surface area contributed by atoms with Gasteiger partial charge in [0.25, 0.3) is 0 Å². The number of aryl methyl sites for hydroxylation is 3. The molecule has 0 saturated carbocycles. The summed E-state index contributed by atoms with van der Waals surface area (Å²) in [7, 11) is 0. The summed E-state index contributed by atoms with van der Waals surface area (Å²) in [5, 5.41) is 12.3. The van der Waals surface area contributed by atoms with E-state index in [1.165, 1.54) is 28.5 Å². The molecule has 1 aromatic heterocycles. The molecular formula is C22H23N3OS. The van der Waals surface area contributed by atoms with E-state index in [0.717, 1.165) is 21.8 Å². The number of hydrogen-bond acceptors (Lipinski definition) is 4. The number of aromatic nitrogens is 2. The molecule has 2 aromatic carbocycles. The van der Waals surface area contributed by atoms with Crippen LogP contribution in [0.3, 0.4) is 0 Å². The Kier molecular flexibility index (Phi) is 6.24. The number of amides is 1. The minimum atomic E-state index is -0.0130. The third-order valence-corrected chi connectivity index (χ3v) is 5.19. The Morgan fingerprint density at radius 3 is 2.37 bits per heavy atom. The van der Waals surface area contributed by atoms with Crippen molar-refractivity contribution in [3.05, 3.63) is 76.9 Å². The van der Waals surface area contributed by atoms with Crippen LogP contribution in [-0.4, -0.2) is 21.9 Å². The van der Waals surface area contributed by atoms with E-state index in [4.69, 9.17) is 0 Å². The lowest BCUT2D eigenvalue weighted by Gasteiger charge is -2.07. The third-order valence-electron chi connectivity index (χ3n) is 4.27. The fraction of sp³-hybridized carbons (Fsp3) is 0.227. The van der Waals surface area contributed by atoms with Gasteiger partial charge in [0.2, 0.25) is 5.91 Å². The summed E-state index contributed by atoms with van der Waals surface area (Å²) in [6.07, 6.45) is 0. The van der Waals surface area contributed by atoms with E-state index in [1.54, 1.807) is 0 Å². The molecule has 3 aromatic rings. The monoisotopic (exact) mass is 377 g/mol. The van der Waals surface area contributed by atoms with Crippen LogP contribution in [0.5, 0.6) is 0 Å². The van der Waals surface area contributed by atoms with Gasteiger partial charge in [-0.25, -0.2) is 0 Å². The summed E-state index contributed by atoms with van der Waals surface area (Å²) in [4.78, 5) is 12.0. The highest BCUT2D eigenvalue weighted by Gasteiger charge is 2.07. The van der Waals surface area contributed by atoms with Gasteiger partial charge < -0.3 is 5.32 Å². The van der Waals surface area contributed by atoms with Crippen molar-refractivity contribution in [3.8, 4) is 11.3 Å². The van der Waals surface area contributed by atoms with E-state index in [9.17, 15) is 4.79 Å². The van der Waals surface area contributed by atoms with Crippen LogP contribution >= 0.6 is 11.8 Å². The van der Waals surface area contributed by atoms with E-state index >= 15 is 0 Å². The molecule has 0 bridgehead atoms. The first-order valence-electron chi connectivity index (χ1n) is 8.87. The molecule has 1 amide bonds. The van der Waals surface area contributed by atoms with Gasteiger partial charge in [-0.05, 0) is 50.1 Å². The average molecular weight is 378 g/mol. The second kappa shape index (κ2) is 8.82. The van der Waals surface area contributed by atoms with Crippen molar-refractivity contribution in [3.63, 3.8) is 0 Å².